The van der Waals surface area contributed by atoms with Gasteiger partial charge in [-0.25, -0.2) is 0 Å². The van der Waals surface area contributed by atoms with Crippen molar-refractivity contribution in [3.63, 3.8) is 0 Å². The van der Waals surface area contributed by atoms with Crippen molar-refractivity contribution in [3.8, 4) is 5.75 Å². The van der Waals surface area contributed by atoms with Gasteiger partial charge in [0.25, 0.3) is 0 Å². The second-order valence-corrected chi connectivity index (χ2v) is 2.92. The van der Waals surface area contributed by atoms with Crippen molar-refractivity contribution in [2.24, 2.45) is 0 Å². The Labute approximate surface area is 84.2 Å². The molecule has 68 valence electrons. The average molecular weight is 196 g/mol. The first-order valence-corrected chi connectivity index (χ1v) is 4.26. The molecule has 0 aliphatic rings. The Bertz CT molecular complexity index is 278. The van der Waals surface area contributed by atoms with E-state index in [1.54, 1.807) is 13.2 Å². The van der Waals surface area contributed by atoms with Crippen molar-refractivity contribution in [1.29, 1.82) is 0 Å². The largest absolute Gasteiger partial charge is 0.468 e. The van der Waals surface area contributed by atoms with E-state index in [4.69, 9.17) is 28.9 Å². The van der Waals surface area contributed by atoms with E-state index in [0.717, 1.165) is 5.56 Å². The van der Waals surface area contributed by atoms with Crippen LogP contribution in [0, 0.1) is 0 Å². The van der Waals surface area contributed by atoms with Crippen LogP contribution in [0.25, 0.3) is 0 Å². The summed E-state index contributed by atoms with van der Waals surface area (Å²) in [4.78, 5) is 0. The predicted molar refractivity (Wildman–Crippen MR) is 53.4 cm³/mol. The van der Waals surface area contributed by atoms with Gasteiger partial charge in [-0.3, -0.25) is 0 Å². The van der Waals surface area contributed by atoms with Gasteiger partial charge in [0.1, 0.15) is 5.75 Å². The molecule has 2 nitrogen and oxygen atoms in total. The molecule has 0 aliphatic heterocycles. The van der Waals surface area contributed by atoms with E-state index in [9.17, 15) is 0 Å². The molecular formula is C9H10BClO2. The van der Waals surface area contributed by atoms with Gasteiger partial charge in [0.15, 0.2) is 6.79 Å². The van der Waals surface area contributed by atoms with E-state index in [1.807, 2.05) is 12.1 Å². The van der Waals surface area contributed by atoms with Crippen LogP contribution in [0.2, 0.25) is 5.02 Å². The van der Waals surface area contributed by atoms with Crippen molar-refractivity contribution in [2.75, 3.05) is 13.9 Å². The minimum Gasteiger partial charge on any atom is -0.468 e. The molecule has 1 aromatic rings. The number of ether oxygens (including phenoxy) is 2. The normalized spacial score (nSPS) is 10.0. The maximum absolute atomic E-state index is 5.91. The molecular weight excluding hydrogens is 186 g/mol. The van der Waals surface area contributed by atoms with Crippen LogP contribution in [0.15, 0.2) is 18.2 Å². The van der Waals surface area contributed by atoms with Gasteiger partial charge < -0.3 is 9.47 Å². The summed E-state index contributed by atoms with van der Waals surface area (Å²) in [6, 6.07) is 5.38. The summed E-state index contributed by atoms with van der Waals surface area (Å²) in [5, 5.41) is 0.621. The van der Waals surface area contributed by atoms with Gasteiger partial charge in [0.05, 0.1) is 7.85 Å². The van der Waals surface area contributed by atoms with E-state index in [-0.39, 0.29) is 6.79 Å². The maximum atomic E-state index is 5.91. The number of halogens is 1. The molecule has 2 radical (unpaired) electrons. The smallest absolute Gasteiger partial charge is 0.188 e. The summed E-state index contributed by atoms with van der Waals surface area (Å²) >= 11 is 5.91. The first-order valence-electron chi connectivity index (χ1n) is 3.88. The highest BCUT2D eigenvalue weighted by atomic mass is 35.5. The molecule has 0 N–H and O–H groups in total. The van der Waals surface area contributed by atoms with Crippen LogP contribution in [0.3, 0.4) is 0 Å². The number of methoxy groups -OCH3 is 1. The molecule has 1 aromatic carbocycles. The molecule has 0 atom stereocenters. The van der Waals surface area contributed by atoms with E-state index in [0.29, 0.717) is 17.1 Å². The van der Waals surface area contributed by atoms with Crippen LogP contribution in [-0.2, 0) is 11.1 Å². The Morgan fingerprint density at radius 3 is 2.77 bits per heavy atom. The lowest BCUT2D eigenvalue weighted by molar-refractivity contribution is 0.0511. The van der Waals surface area contributed by atoms with Gasteiger partial charge in [-0.2, -0.15) is 0 Å². The Morgan fingerprint density at radius 1 is 1.46 bits per heavy atom. The minimum atomic E-state index is 0.221. The number of hydrogen-bond donors (Lipinski definition) is 0. The lowest BCUT2D eigenvalue weighted by Crippen LogP contribution is -1.99. The van der Waals surface area contributed by atoms with Crippen molar-refractivity contribution in [2.45, 2.75) is 6.32 Å². The van der Waals surface area contributed by atoms with Crippen LogP contribution < -0.4 is 4.74 Å². The van der Waals surface area contributed by atoms with Crippen molar-refractivity contribution >= 4 is 19.4 Å². The highest BCUT2D eigenvalue weighted by Gasteiger charge is 1.99. The molecule has 0 saturated heterocycles. The van der Waals surface area contributed by atoms with Crippen LogP contribution in [0.1, 0.15) is 5.56 Å². The van der Waals surface area contributed by atoms with Crippen LogP contribution in [0.4, 0.5) is 0 Å². The monoisotopic (exact) mass is 196 g/mol. The second kappa shape index (κ2) is 5.15. The fourth-order valence-electron chi connectivity index (χ4n) is 0.910. The first kappa shape index (κ1) is 10.4. The third-order valence-corrected chi connectivity index (χ3v) is 1.94. The third-order valence-electron chi connectivity index (χ3n) is 1.59. The standard InChI is InChI=1S/C9H10BClO2/c1-12-6-13-8-3-2-7(5-10)9(11)4-8/h2-4H,5-6H2,1H3. The van der Waals surface area contributed by atoms with Gasteiger partial charge in [-0.05, 0) is 17.7 Å². The van der Waals surface area contributed by atoms with Gasteiger partial charge in [0.2, 0.25) is 0 Å². The summed E-state index contributed by atoms with van der Waals surface area (Å²) < 4.78 is 9.94. The fraction of sp³-hybridized carbons (Fsp3) is 0.333. The molecule has 0 spiro atoms. The topological polar surface area (TPSA) is 18.5 Å². The van der Waals surface area contributed by atoms with E-state index < -0.39 is 0 Å². The maximum Gasteiger partial charge on any atom is 0.188 e. The zero-order valence-electron chi connectivity index (χ0n) is 7.42. The molecule has 0 aromatic heterocycles. The van der Waals surface area contributed by atoms with E-state index in [2.05, 4.69) is 0 Å². The Morgan fingerprint density at radius 2 is 2.23 bits per heavy atom. The molecule has 0 unspecified atom stereocenters. The molecule has 4 heteroatoms. The van der Waals surface area contributed by atoms with Crippen LogP contribution in [-0.4, -0.2) is 21.7 Å². The van der Waals surface area contributed by atoms with Gasteiger partial charge in [-0.15, -0.1) is 0 Å². The van der Waals surface area contributed by atoms with Crippen molar-refractivity contribution < 1.29 is 9.47 Å². The Kier molecular flexibility index (Phi) is 4.13. The average Bonchev–Trinajstić information content (AvgIpc) is 2.15. The van der Waals surface area contributed by atoms with Crippen LogP contribution in [0.5, 0.6) is 5.75 Å². The first-order chi connectivity index (χ1) is 6.27. The molecule has 0 heterocycles. The predicted octanol–water partition coefficient (Wildman–Crippen LogP) is 1.99. The quantitative estimate of drug-likeness (QED) is 0.542. The lowest BCUT2D eigenvalue weighted by Gasteiger charge is -2.06. The van der Waals surface area contributed by atoms with Gasteiger partial charge >= 0.3 is 0 Å². The van der Waals surface area contributed by atoms with E-state index in [1.165, 1.54) is 0 Å². The summed E-state index contributed by atoms with van der Waals surface area (Å²) in [6.45, 7) is 0.221. The molecule has 0 bridgehead atoms. The summed E-state index contributed by atoms with van der Waals surface area (Å²) in [5.74, 6) is 0.684. The molecule has 0 amide bonds. The van der Waals surface area contributed by atoms with Crippen molar-refractivity contribution in [3.05, 3.63) is 28.8 Å². The van der Waals surface area contributed by atoms with Gasteiger partial charge in [0, 0.05) is 12.1 Å². The zero-order chi connectivity index (χ0) is 9.68. The summed E-state index contributed by atoms with van der Waals surface area (Å²) in [5.41, 5.74) is 0.909. The molecule has 0 aliphatic carbocycles. The third kappa shape index (κ3) is 2.94. The number of benzene rings is 1. The lowest BCUT2D eigenvalue weighted by atomic mass is 9.97. The Balaban J connectivity index is 2.71. The van der Waals surface area contributed by atoms with Crippen LogP contribution >= 0.6 is 11.6 Å². The molecule has 1 rings (SSSR count). The highest BCUT2D eigenvalue weighted by molar-refractivity contribution is 6.32. The Hall–Kier alpha value is -0.665. The molecule has 13 heavy (non-hydrogen) atoms. The number of hydrogen-bond acceptors (Lipinski definition) is 2. The van der Waals surface area contributed by atoms with E-state index >= 15 is 0 Å². The fourth-order valence-corrected chi connectivity index (χ4v) is 1.16. The number of rotatable bonds is 4. The summed E-state index contributed by atoms with van der Waals surface area (Å²) in [6.07, 6.45) is 0.434. The molecule has 0 fully saturated rings. The molecule has 0 saturated carbocycles. The second-order valence-electron chi connectivity index (χ2n) is 2.51. The van der Waals surface area contributed by atoms with Crippen molar-refractivity contribution in [1.82, 2.24) is 0 Å². The zero-order valence-corrected chi connectivity index (χ0v) is 8.17. The summed E-state index contributed by atoms with van der Waals surface area (Å²) in [7, 11) is 7.02. The minimum absolute atomic E-state index is 0.221. The SMILES string of the molecule is [B]Cc1ccc(OCOC)cc1Cl. The van der Waals surface area contributed by atoms with Gasteiger partial charge in [-0.1, -0.05) is 24.0 Å². The highest BCUT2D eigenvalue weighted by Crippen LogP contribution is 2.22.